The lowest BCUT2D eigenvalue weighted by molar-refractivity contribution is 0.0602. The van der Waals surface area contributed by atoms with Gasteiger partial charge < -0.3 is 15.4 Å². The number of hydrogen-bond acceptors (Lipinski definition) is 5. The van der Waals surface area contributed by atoms with Crippen LogP contribution in [0, 0.1) is 5.82 Å². The number of ether oxygens (including phenoxy) is 1. The Balaban J connectivity index is 1.75. The summed E-state index contributed by atoms with van der Waals surface area (Å²) in [6.45, 7) is 1.29. The Morgan fingerprint density at radius 3 is 2.69 bits per heavy atom. The molecule has 8 heteroatoms. The van der Waals surface area contributed by atoms with Crippen LogP contribution in [0.2, 0.25) is 0 Å². The first-order valence-electron chi connectivity index (χ1n) is 7.95. The van der Waals surface area contributed by atoms with Crippen molar-refractivity contribution in [3.8, 4) is 0 Å². The number of fused-ring (bicyclic) bond motifs is 2. The van der Waals surface area contributed by atoms with Crippen molar-refractivity contribution in [1.82, 2.24) is 15.5 Å². The quantitative estimate of drug-likeness (QED) is 0.628. The van der Waals surface area contributed by atoms with Gasteiger partial charge in [-0.2, -0.15) is 5.10 Å². The number of rotatable bonds is 3. The number of benzene rings is 2. The lowest BCUT2D eigenvalue weighted by Gasteiger charge is -2.13. The summed E-state index contributed by atoms with van der Waals surface area (Å²) in [7, 11) is 1.28. The van der Waals surface area contributed by atoms with Crippen molar-refractivity contribution in [2.45, 2.75) is 13.1 Å². The average molecular weight is 354 g/mol. The molecule has 1 aromatic heterocycles. The highest BCUT2D eigenvalue weighted by Gasteiger charge is 2.21. The first-order chi connectivity index (χ1) is 12.6. The molecule has 0 spiro atoms. The van der Waals surface area contributed by atoms with Crippen molar-refractivity contribution in [2.75, 3.05) is 12.4 Å². The van der Waals surface area contributed by atoms with Crippen LogP contribution in [0.4, 0.5) is 10.1 Å². The highest BCUT2D eigenvalue weighted by atomic mass is 19.1. The maximum absolute atomic E-state index is 13.8. The van der Waals surface area contributed by atoms with E-state index >= 15 is 0 Å². The van der Waals surface area contributed by atoms with Crippen LogP contribution in [0.3, 0.4) is 0 Å². The van der Waals surface area contributed by atoms with Crippen LogP contribution in [0.15, 0.2) is 30.5 Å². The average Bonchev–Trinajstić information content (AvgIpc) is 3.27. The molecule has 0 aliphatic carbocycles. The molecule has 3 N–H and O–H groups in total. The van der Waals surface area contributed by atoms with E-state index in [9.17, 15) is 14.0 Å². The second kappa shape index (κ2) is 6.23. The van der Waals surface area contributed by atoms with Crippen molar-refractivity contribution < 1.29 is 18.7 Å². The maximum atomic E-state index is 13.8. The number of esters is 1. The number of carbonyl (C=O) groups excluding carboxylic acids is 2. The lowest BCUT2D eigenvalue weighted by atomic mass is 10.0. The Morgan fingerprint density at radius 2 is 1.92 bits per heavy atom. The van der Waals surface area contributed by atoms with E-state index in [4.69, 9.17) is 4.74 Å². The summed E-state index contributed by atoms with van der Waals surface area (Å²) < 4.78 is 18.6. The molecule has 0 saturated carbocycles. The summed E-state index contributed by atoms with van der Waals surface area (Å²) in [5.41, 5.74) is 3.09. The van der Waals surface area contributed by atoms with E-state index in [1.807, 2.05) is 0 Å². The third-order valence-corrected chi connectivity index (χ3v) is 4.39. The van der Waals surface area contributed by atoms with Gasteiger partial charge in [-0.25, -0.2) is 9.18 Å². The van der Waals surface area contributed by atoms with Gasteiger partial charge in [0.2, 0.25) is 0 Å². The van der Waals surface area contributed by atoms with Crippen molar-refractivity contribution >= 4 is 28.5 Å². The number of nitrogens with zero attached hydrogens (tertiary/aromatic N) is 1. The number of hydrogen-bond donors (Lipinski definition) is 3. The van der Waals surface area contributed by atoms with Crippen LogP contribution in [-0.2, 0) is 17.8 Å². The fraction of sp³-hybridized carbons (Fsp3) is 0.167. The number of aromatic nitrogens is 2. The standard InChI is InChI=1S/C18H15FN4O3/c1-26-18(25)13-2-9-6-20-7-10(9)3-15(13)22-17(24)12-4-11(19)5-16-14(12)8-21-23-16/h2-5,8,20H,6-7H2,1H3,(H,21,23)(H,22,24). The van der Waals surface area contributed by atoms with Crippen LogP contribution in [-0.4, -0.2) is 29.2 Å². The molecule has 0 unspecified atom stereocenters. The molecule has 0 saturated heterocycles. The molecule has 26 heavy (non-hydrogen) atoms. The third kappa shape index (κ3) is 2.70. The molecule has 0 fully saturated rings. The molecular weight excluding hydrogens is 339 g/mol. The van der Waals surface area contributed by atoms with Crippen LogP contribution in [0.1, 0.15) is 31.8 Å². The minimum Gasteiger partial charge on any atom is -0.465 e. The summed E-state index contributed by atoms with van der Waals surface area (Å²) >= 11 is 0. The van der Waals surface area contributed by atoms with E-state index in [1.54, 1.807) is 12.1 Å². The maximum Gasteiger partial charge on any atom is 0.339 e. The van der Waals surface area contributed by atoms with E-state index in [-0.39, 0.29) is 11.1 Å². The van der Waals surface area contributed by atoms with Gasteiger partial charge in [0.05, 0.1) is 35.6 Å². The van der Waals surface area contributed by atoms with Gasteiger partial charge in [-0.05, 0) is 35.4 Å². The molecular formula is C18H15FN4O3. The first-order valence-corrected chi connectivity index (χ1v) is 7.95. The zero-order chi connectivity index (χ0) is 18.3. The van der Waals surface area contributed by atoms with Crippen LogP contribution in [0.5, 0.6) is 0 Å². The van der Waals surface area contributed by atoms with E-state index in [0.29, 0.717) is 29.7 Å². The molecule has 2 heterocycles. The summed E-state index contributed by atoms with van der Waals surface area (Å²) in [6, 6.07) is 5.85. The van der Waals surface area contributed by atoms with Gasteiger partial charge in [0.25, 0.3) is 5.91 Å². The summed E-state index contributed by atoms with van der Waals surface area (Å²) in [5.74, 6) is -1.65. The molecule has 132 valence electrons. The number of carbonyl (C=O) groups is 2. The highest BCUT2D eigenvalue weighted by Crippen LogP contribution is 2.27. The highest BCUT2D eigenvalue weighted by molar-refractivity contribution is 6.14. The Morgan fingerprint density at radius 1 is 1.15 bits per heavy atom. The number of nitrogens with one attached hydrogen (secondary N) is 3. The van der Waals surface area contributed by atoms with Gasteiger partial charge in [0.1, 0.15) is 5.82 Å². The number of aromatic amines is 1. The smallest absolute Gasteiger partial charge is 0.339 e. The zero-order valence-electron chi connectivity index (χ0n) is 13.9. The molecule has 0 bridgehead atoms. The van der Waals surface area contributed by atoms with Gasteiger partial charge in [-0.1, -0.05) is 0 Å². The van der Waals surface area contributed by atoms with Gasteiger partial charge >= 0.3 is 5.97 Å². The third-order valence-electron chi connectivity index (χ3n) is 4.39. The molecule has 2 aromatic carbocycles. The zero-order valence-corrected chi connectivity index (χ0v) is 13.9. The number of methoxy groups -OCH3 is 1. The molecule has 3 aromatic rings. The number of halogens is 1. The second-order valence-corrected chi connectivity index (χ2v) is 6.00. The van der Waals surface area contributed by atoms with Crippen molar-refractivity contribution in [3.63, 3.8) is 0 Å². The second-order valence-electron chi connectivity index (χ2n) is 6.00. The van der Waals surface area contributed by atoms with E-state index in [1.165, 1.54) is 19.4 Å². The van der Waals surface area contributed by atoms with Gasteiger partial charge in [-0.3, -0.25) is 9.89 Å². The molecule has 4 rings (SSSR count). The number of amides is 1. The molecule has 1 aliphatic heterocycles. The number of H-pyrrole nitrogens is 1. The van der Waals surface area contributed by atoms with E-state index in [2.05, 4.69) is 20.8 Å². The molecule has 0 radical (unpaired) electrons. The lowest BCUT2D eigenvalue weighted by Crippen LogP contribution is -2.16. The predicted octanol–water partition coefficient (Wildman–Crippen LogP) is 2.34. The Kier molecular flexibility index (Phi) is 3.89. The fourth-order valence-electron chi connectivity index (χ4n) is 3.13. The summed E-state index contributed by atoms with van der Waals surface area (Å²) in [6.07, 6.45) is 1.46. The Bertz CT molecular complexity index is 1040. The minimum atomic E-state index is -0.557. The summed E-state index contributed by atoms with van der Waals surface area (Å²) in [5, 5.41) is 12.9. The number of anilines is 1. The Hall–Kier alpha value is -3.26. The van der Waals surface area contributed by atoms with Crippen molar-refractivity contribution in [3.05, 3.63) is 58.5 Å². The monoisotopic (exact) mass is 354 g/mol. The SMILES string of the molecule is COC(=O)c1cc2c(cc1NC(=O)c1cc(F)cc3[nH]ncc13)CNC2. The van der Waals surface area contributed by atoms with Crippen molar-refractivity contribution in [2.24, 2.45) is 0 Å². The van der Waals surface area contributed by atoms with Crippen LogP contribution < -0.4 is 10.6 Å². The van der Waals surface area contributed by atoms with Gasteiger partial charge in [-0.15, -0.1) is 0 Å². The topological polar surface area (TPSA) is 96.1 Å². The fourth-order valence-corrected chi connectivity index (χ4v) is 3.13. The van der Waals surface area contributed by atoms with Gasteiger partial charge in [0, 0.05) is 18.5 Å². The molecule has 0 atom stereocenters. The normalized spacial score (nSPS) is 12.8. The van der Waals surface area contributed by atoms with E-state index in [0.717, 1.165) is 17.2 Å². The Labute approximate surface area is 147 Å². The van der Waals surface area contributed by atoms with Crippen LogP contribution >= 0.6 is 0 Å². The molecule has 7 nitrogen and oxygen atoms in total. The predicted molar refractivity (Wildman–Crippen MR) is 92.3 cm³/mol. The minimum absolute atomic E-state index is 0.128. The summed E-state index contributed by atoms with van der Waals surface area (Å²) in [4.78, 5) is 24.9. The van der Waals surface area contributed by atoms with E-state index < -0.39 is 17.7 Å². The first kappa shape index (κ1) is 16.2. The largest absolute Gasteiger partial charge is 0.465 e. The van der Waals surface area contributed by atoms with Gasteiger partial charge in [0.15, 0.2) is 0 Å². The molecule has 1 aliphatic rings. The van der Waals surface area contributed by atoms with Crippen molar-refractivity contribution in [1.29, 1.82) is 0 Å². The van der Waals surface area contributed by atoms with Crippen LogP contribution in [0.25, 0.3) is 10.9 Å². The molecule has 1 amide bonds.